The van der Waals surface area contributed by atoms with Gasteiger partial charge in [-0.25, -0.2) is 4.39 Å². The first-order valence-corrected chi connectivity index (χ1v) is 8.61. The summed E-state index contributed by atoms with van der Waals surface area (Å²) in [5, 5.41) is 2.68. The number of carbonyl (C=O) groups excluding carboxylic acids is 2. The molecule has 0 saturated carbocycles. The highest BCUT2D eigenvalue weighted by molar-refractivity contribution is 5.88. The van der Waals surface area contributed by atoms with Crippen LogP contribution in [-0.2, 0) is 16.1 Å². The summed E-state index contributed by atoms with van der Waals surface area (Å²) >= 11 is 0. The molecule has 5 nitrogen and oxygen atoms in total. The summed E-state index contributed by atoms with van der Waals surface area (Å²) in [6, 6.07) is 14.0. The summed E-state index contributed by atoms with van der Waals surface area (Å²) in [4.78, 5) is 26.5. The third-order valence-corrected chi connectivity index (χ3v) is 3.96. The number of amides is 2. The highest BCUT2D eigenvalue weighted by Crippen LogP contribution is 2.13. The van der Waals surface area contributed by atoms with E-state index in [2.05, 4.69) is 11.9 Å². The van der Waals surface area contributed by atoms with Crippen LogP contribution in [0.4, 0.5) is 4.39 Å². The van der Waals surface area contributed by atoms with Gasteiger partial charge in [0.2, 0.25) is 5.91 Å². The van der Waals surface area contributed by atoms with Gasteiger partial charge in [-0.15, -0.1) is 6.58 Å². The van der Waals surface area contributed by atoms with E-state index in [0.717, 1.165) is 0 Å². The summed E-state index contributed by atoms with van der Waals surface area (Å²) < 4.78 is 18.7. The lowest BCUT2D eigenvalue weighted by Crippen LogP contribution is -2.49. The number of nitrogens with zero attached hydrogens (tertiary/aromatic N) is 1. The topological polar surface area (TPSA) is 58.6 Å². The Bertz CT molecular complexity index is 763. The Hall–Kier alpha value is -3.15. The molecule has 6 heteroatoms. The average Bonchev–Trinajstić information content (AvgIpc) is 2.70. The molecule has 1 N–H and O–H groups in total. The van der Waals surface area contributed by atoms with Crippen molar-refractivity contribution in [1.29, 1.82) is 0 Å². The van der Waals surface area contributed by atoms with Gasteiger partial charge >= 0.3 is 0 Å². The molecule has 0 aliphatic heterocycles. The van der Waals surface area contributed by atoms with E-state index in [0.29, 0.717) is 17.9 Å². The number of hydrogen-bond donors (Lipinski definition) is 1. The lowest BCUT2D eigenvalue weighted by molar-refractivity contribution is -0.142. The van der Waals surface area contributed by atoms with Gasteiger partial charge in [0, 0.05) is 13.1 Å². The molecule has 2 aromatic carbocycles. The van der Waals surface area contributed by atoms with E-state index in [4.69, 9.17) is 4.74 Å². The SMILES string of the molecule is C=CCNC(=O)[C@H](C)N(Cc1ccc(F)cc1)C(=O)COc1ccccc1. The predicted octanol–water partition coefficient (Wildman–Crippen LogP) is 2.92. The fraction of sp³-hybridized carbons (Fsp3) is 0.238. The van der Waals surface area contributed by atoms with Crippen molar-refractivity contribution in [3.63, 3.8) is 0 Å². The van der Waals surface area contributed by atoms with Gasteiger partial charge in [0.05, 0.1) is 0 Å². The number of hydrogen-bond acceptors (Lipinski definition) is 3. The van der Waals surface area contributed by atoms with Crippen LogP contribution in [0.25, 0.3) is 0 Å². The van der Waals surface area contributed by atoms with Crippen LogP contribution in [0.15, 0.2) is 67.3 Å². The molecule has 27 heavy (non-hydrogen) atoms. The van der Waals surface area contributed by atoms with Crippen molar-refractivity contribution >= 4 is 11.8 Å². The largest absolute Gasteiger partial charge is 0.484 e. The summed E-state index contributed by atoms with van der Waals surface area (Å²) in [6.45, 7) is 5.47. The van der Waals surface area contributed by atoms with Crippen LogP contribution in [-0.4, -0.2) is 35.9 Å². The van der Waals surface area contributed by atoms with Crippen LogP contribution < -0.4 is 10.1 Å². The maximum atomic E-state index is 13.1. The van der Waals surface area contributed by atoms with Gasteiger partial charge in [0.15, 0.2) is 6.61 Å². The van der Waals surface area contributed by atoms with Crippen LogP contribution in [0.1, 0.15) is 12.5 Å². The number of carbonyl (C=O) groups is 2. The standard InChI is InChI=1S/C21H23FN2O3/c1-3-13-23-21(26)16(2)24(14-17-9-11-18(22)12-10-17)20(25)15-27-19-7-5-4-6-8-19/h3-12,16H,1,13-15H2,2H3,(H,23,26)/t16-/m0/s1. The minimum Gasteiger partial charge on any atom is -0.484 e. The number of benzene rings is 2. The first-order chi connectivity index (χ1) is 13.0. The minimum absolute atomic E-state index is 0.167. The van der Waals surface area contributed by atoms with E-state index in [9.17, 15) is 14.0 Å². The third-order valence-electron chi connectivity index (χ3n) is 3.96. The zero-order chi connectivity index (χ0) is 19.6. The highest BCUT2D eigenvalue weighted by atomic mass is 19.1. The van der Waals surface area contributed by atoms with E-state index in [1.54, 1.807) is 49.4 Å². The summed E-state index contributed by atoms with van der Waals surface area (Å²) in [7, 11) is 0. The Labute approximate surface area is 158 Å². The summed E-state index contributed by atoms with van der Waals surface area (Å²) in [5.41, 5.74) is 0.716. The number of ether oxygens (including phenoxy) is 1. The normalized spacial score (nSPS) is 11.3. The van der Waals surface area contributed by atoms with Crippen LogP contribution in [0.5, 0.6) is 5.75 Å². The molecule has 2 aromatic rings. The molecule has 0 fully saturated rings. The van der Waals surface area contributed by atoms with E-state index in [1.807, 2.05) is 6.07 Å². The van der Waals surface area contributed by atoms with Crippen molar-refractivity contribution in [1.82, 2.24) is 10.2 Å². The third kappa shape index (κ3) is 6.26. The van der Waals surface area contributed by atoms with Crippen LogP contribution >= 0.6 is 0 Å². The second kappa shape index (κ2) is 10.1. The second-order valence-corrected chi connectivity index (χ2v) is 5.96. The second-order valence-electron chi connectivity index (χ2n) is 5.96. The molecule has 2 amide bonds. The fourth-order valence-corrected chi connectivity index (χ4v) is 2.43. The molecule has 142 valence electrons. The van der Waals surface area contributed by atoms with E-state index < -0.39 is 6.04 Å². The molecule has 0 aliphatic carbocycles. The number of nitrogens with one attached hydrogen (secondary N) is 1. The zero-order valence-electron chi connectivity index (χ0n) is 15.2. The molecule has 0 aromatic heterocycles. The first kappa shape index (κ1) is 20.2. The molecule has 0 aliphatic rings. The van der Waals surface area contributed by atoms with Crippen molar-refractivity contribution in [2.24, 2.45) is 0 Å². The maximum absolute atomic E-state index is 13.1. The number of halogens is 1. The molecule has 0 bridgehead atoms. The van der Waals surface area contributed by atoms with Gasteiger partial charge < -0.3 is 15.0 Å². The molecule has 1 atom stereocenters. The Morgan fingerprint density at radius 3 is 2.48 bits per heavy atom. The summed E-state index contributed by atoms with van der Waals surface area (Å²) in [5.74, 6) is -0.438. The van der Waals surface area contributed by atoms with Crippen LogP contribution in [0.2, 0.25) is 0 Å². The number of para-hydroxylation sites is 1. The Kier molecular flexibility index (Phi) is 7.55. The predicted molar refractivity (Wildman–Crippen MR) is 102 cm³/mol. The molecule has 0 spiro atoms. The van der Waals surface area contributed by atoms with Gasteiger partial charge in [-0.1, -0.05) is 36.4 Å². The van der Waals surface area contributed by atoms with E-state index in [-0.39, 0.29) is 30.8 Å². The molecule has 0 radical (unpaired) electrons. The zero-order valence-corrected chi connectivity index (χ0v) is 15.2. The van der Waals surface area contributed by atoms with Gasteiger partial charge in [0.25, 0.3) is 5.91 Å². The van der Waals surface area contributed by atoms with Crippen molar-refractivity contribution in [3.8, 4) is 5.75 Å². The summed E-state index contributed by atoms with van der Waals surface area (Å²) in [6.07, 6.45) is 1.56. The first-order valence-electron chi connectivity index (χ1n) is 8.61. The van der Waals surface area contributed by atoms with E-state index >= 15 is 0 Å². The van der Waals surface area contributed by atoms with Crippen molar-refractivity contribution in [2.75, 3.05) is 13.2 Å². The molecule has 2 rings (SSSR count). The van der Waals surface area contributed by atoms with Crippen LogP contribution in [0.3, 0.4) is 0 Å². The van der Waals surface area contributed by atoms with Gasteiger partial charge in [-0.3, -0.25) is 9.59 Å². The fourth-order valence-electron chi connectivity index (χ4n) is 2.43. The maximum Gasteiger partial charge on any atom is 0.261 e. The Morgan fingerprint density at radius 2 is 1.85 bits per heavy atom. The van der Waals surface area contributed by atoms with Crippen LogP contribution in [0, 0.1) is 5.82 Å². The van der Waals surface area contributed by atoms with Crippen molar-refractivity contribution in [2.45, 2.75) is 19.5 Å². The van der Waals surface area contributed by atoms with Crippen molar-refractivity contribution in [3.05, 3.63) is 78.6 Å². The Balaban J connectivity index is 2.11. The quantitative estimate of drug-likeness (QED) is 0.691. The van der Waals surface area contributed by atoms with Gasteiger partial charge in [-0.05, 0) is 36.8 Å². The molecule has 0 saturated heterocycles. The minimum atomic E-state index is -0.720. The Morgan fingerprint density at radius 1 is 1.19 bits per heavy atom. The van der Waals surface area contributed by atoms with Gasteiger partial charge in [-0.2, -0.15) is 0 Å². The highest BCUT2D eigenvalue weighted by Gasteiger charge is 2.26. The monoisotopic (exact) mass is 370 g/mol. The molecule has 0 heterocycles. The lowest BCUT2D eigenvalue weighted by atomic mass is 10.1. The number of rotatable bonds is 9. The van der Waals surface area contributed by atoms with Gasteiger partial charge in [0.1, 0.15) is 17.6 Å². The van der Waals surface area contributed by atoms with E-state index in [1.165, 1.54) is 17.0 Å². The molecular formula is C21H23FN2O3. The molecule has 0 unspecified atom stereocenters. The average molecular weight is 370 g/mol. The molecular weight excluding hydrogens is 347 g/mol. The smallest absolute Gasteiger partial charge is 0.261 e. The van der Waals surface area contributed by atoms with Crippen molar-refractivity contribution < 1.29 is 18.7 Å². The lowest BCUT2D eigenvalue weighted by Gasteiger charge is -2.28.